The van der Waals surface area contributed by atoms with Crippen LogP contribution in [0.4, 0.5) is 4.39 Å². The number of rotatable bonds is 11. The molecule has 0 heterocycles. The van der Waals surface area contributed by atoms with Crippen LogP contribution in [-0.4, -0.2) is 31.1 Å². The van der Waals surface area contributed by atoms with Crippen LogP contribution < -0.4 is 4.74 Å². The van der Waals surface area contributed by atoms with Crippen molar-refractivity contribution in [3.63, 3.8) is 0 Å². The first-order valence-electron chi connectivity index (χ1n) is 11.2. The van der Waals surface area contributed by atoms with Crippen LogP contribution in [0.25, 0.3) is 11.1 Å². The molecule has 0 aliphatic heterocycles. The van der Waals surface area contributed by atoms with E-state index in [0.717, 1.165) is 11.1 Å². The lowest BCUT2D eigenvalue weighted by atomic mass is 9.97. The number of benzene rings is 2. The number of carbonyl (C=O) groups excluding carboxylic acids is 3. The molecule has 0 saturated heterocycles. The Balaban J connectivity index is 2.11. The lowest BCUT2D eigenvalue weighted by Crippen LogP contribution is -2.23. The maximum atomic E-state index is 14.5. The summed E-state index contributed by atoms with van der Waals surface area (Å²) in [5.41, 5.74) is 2.88. The van der Waals surface area contributed by atoms with E-state index >= 15 is 0 Å². The Kier molecular flexibility index (Phi) is 9.94. The third kappa shape index (κ3) is 8.52. The molecular formula is C28H31FO6. The molecule has 0 aliphatic rings. The number of esters is 3. The first-order valence-corrected chi connectivity index (χ1v) is 11.2. The maximum absolute atomic E-state index is 14.5. The lowest BCUT2D eigenvalue weighted by Gasteiger charge is -2.18. The van der Waals surface area contributed by atoms with Crippen molar-refractivity contribution in [1.82, 2.24) is 0 Å². The molecular weight excluding hydrogens is 451 g/mol. The minimum absolute atomic E-state index is 0.0543. The summed E-state index contributed by atoms with van der Waals surface area (Å²) in [4.78, 5) is 35.3. The highest BCUT2D eigenvalue weighted by molar-refractivity contribution is 5.87. The smallest absolute Gasteiger partial charge is 0.333 e. The quantitative estimate of drug-likeness (QED) is 0.241. The van der Waals surface area contributed by atoms with Crippen molar-refractivity contribution in [2.45, 2.75) is 34.1 Å². The van der Waals surface area contributed by atoms with Crippen LogP contribution in [0.5, 0.6) is 5.75 Å². The molecule has 2 aromatic rings. The van der Waals surface area contributed by atoms with Crippen molar-refractivity contribution in [3.05, 3.63) is 78.1 Å². The van der Waals surface area contributed by atoms with Gasteiger partial charge in [-0.05, 0) is 49.1 Å². The van der Waals surface area contributed by atoms with E-state index in [4.69, 9.17) is 14.2 Å². The third-order valence-electron chi connectivity index (χ3n) is 5.02. The molecule has 6 nitrogen and oxygen atoms in total. The van der Waals surface area contributed by atoms with Crippen molar-refractivity contribution in [2.24, 2.45) is 11.8 Å². The SMILES string of the molecule is C=C(C)C(=O)OCC(COC(=O)C(=C)C)Cc1ccc(-c2ccc(OC(=O)C(C)C)c(F)c2)cc1. The van der Waals surface area contributed by atoms with E-state index in [1.807, 2.05) is 24.3 Å². The van der Waals surface area contributed by atoms with Gasteiger partial charge in [-0.2, -0.15) is 0 Å². The topological polar surface area (TPSA) is 78.9 Å². The van der Waals surface area contributed by atoms with E-state index in [1.165, 1.54) is 12.1 Å². The van der Waals surface area contributed by atoms with Gasteiger partial charge in [0.25, 0.3) is 0 Å². The van der Waals surface area contributed by atoms with Gasteiger partial charge in [0.15, 0.2) is 11.6 Å². The van der Waals surface area contributed by atoms with Gasteiger partial charge < -0.3 is 14.2 Å². The fraction of sp³-hybridized carbons (Fsp3) is 0.321. The largest absolute Gasteiger partial charge is 0.462 e. The molecule has 0 N–H and O–H groups in total. The van der Waals surface area contributed by atoms with E-state index in [1.54, 1.807) is 33.8 Å². The molecule has 0 saturated carbocycles. The molecule has 0 atom stereocenters. The monoisotopic (exact) mass is 482 g/mol. The molecule has 0 aromatic heterocycles. The molecule has 0 bridgehead atoms. The molecule has 0 amide bonds. The van der Waals surface area contributed by atoms with Crippen LogP contribution in [0.1, 0.15) is 33.3 Å². The zero-order chi connectivity index (χ0) is 26.1. The second kappa shape index (κ2) is 12.6. The summed E-state index contributed by atoms with van der Waals surface area (Å²) in [6.45, 7) is 13.7. The minimum Gasteiger partial charge on any atom is -0.462 e. The Bertz CT molecular complexity index is 1070. The van der Waals surface area contributed by atoms with E-state index in [-0.39, 0.29) is 41.9 Å². The molecule has 0 unspecified atom stereocenters. The van der Waals surface area contributed by atoms with Crippen LogP contribution in [0.3, 0.4) is 0 Å². The van der Waals surface area contributed by atoms with Crippen molar-refractivity contribution in [3.8, 4) is 16.9 Å². The summed E-state index contributed by atoms with van der Waals surface area (Å²) in [6, 6.07) is 11.8. The highest BCUT2D eigenvalue weighted by atomic mass is 19.1. The zero-order valence-corrected chi connectivity index (χ0v) is 20.6. The van der Waals surface area contributed by atoms with Crippen molar-refractivity contribution in [1.29, 1.82) is 0 Å². The first kappa shape index (κ1) is 27.5. The molecule has 7 heteroatoms. The van der Waals surface area contributed by atoms with Gasteiger partial charge >= 0.3 is 17.9 Å². The van der Waals surface area contributed by atoms with Gasteiger partial charge in [0.2, 0.25) is 0 Å². The van der Waals surface area contributed by atoms with E-state index in [2.05, 4.69) is 13.2 Å². The minimum atomic E-state index is -0.626. The number of hydrogen-bond donors (Lipinski definition) is 0. The van der Waals surface area contributed by atoms with Crippen LogP contribution in [0.2, 0.25) is 0 Å². The Morgan fingerprint density at radius 1 is 0.857 bits per heavy atom. The van der Waals surface area contributed by atoms with Gasteiger partial charge in [-0.15, -0.1) is 0 Å². The predicted molar refractivity (Wildman–Crippen MR) is 131 cm³/mol. The fourth-order valence-electron chi connectivity index (χ4n) is 2.96. The van der Waals surface area contributed by atoms with Crippen molar-refractivity contribution >= 4 is 17.9 Å². The highest BCUT2D eigenvalue weighted by Gasteiger charge is 2.17. The number of halogens is 1. The van der Waals surface area contributed by atoms with Crippen molar-refractivity contribution < 1.29 is 33.0 Å². The van der Waals surface area contributed by atoms with E-state index < -0.39 is 23.7 Å². The molecule has 2 rings (SSSR count). The average Bonchev–Trinajstić information content (AvgIpc) is 2.81. The van der Waals surface area contributed by atoms with Crippen LogP contribution in [-0.2, 0) is 30.3 Å². The second-order valence-electron chi connectivity index (χ2n) is 8.75. The second-order valence-corrected chi connectivity index (χ2v) is 8.75. The Morgan fingerprint density at radius 2 is 1.37 bits per heavy atom. The highest BCUT2D eigenvalue weighted by Crippen LogP contribution is 2.27. The van der Waals surface area contributed by atoms with E-state index in [9.17, 15) is 18.8 Å². The van der Waals surface area contributed by atoms with Gasteiger partial charge in [-0.25, -0.2) is 14.0 Å². The van der Waals surface area contributed by atoms with E-state index in [0.29, 0.717) is 12.0 Å². The number of carbonyl (C=O) groups is 3. The number of hydrogen-bond acceptors (Lipinski definition) is 6. The Labute approximate surface area is 205 Å². The fourth-order valence-corrected chi connectivity index (χ4v) is 2.96. The molecule has 35 heavy (non-hydrogen) atoms. The Hall–Kier alpha value is -3.74. The summed E-state index contributed by atoms with van der Waals surface area (Å²) < 4.78 is 30.0. The predicted octanol–water partition coefficient (Wildman–Crippen LogP) is 5.45. The molecule has 0 aliphatic carbocycles. The molecule has 2 aromatic carbocycles. The summed E-state index contributed by atoms with van der Waals surface area (Å²) >= 11 is 0. The molecule has 0 fully saturated rings. The zero-order valence-electron chi connectivity index (χ0n) is 20.6. The summed E-state index contributed by atoms with van der Waals surface area (Å²) in [6.07, 6.45) is 0.478. The average molecular weight is 483 g/mol. The number of ether oxygens (including phenoxy) is 3. The van der Waals surface area contributed by atoms with Gasteiger partial charge in [-0.1, -0.05) is 57.3 Å². The lowest BCUT2D eigenvalue weighted by molar-refractivity contribution is -0.144. The molecule has 0 spiro atoms. The first-order chi connectivity index (χ1) is 16.5. The van der Waals surface area contributed by atoms with Crippen molar-refractivity contribution in [2.75, 3.05) is 13.2 Å². The maximum Gasteiger partial charge on any atom is 0.333 e. The normalized spacial score (nSPS) is 10.7. The summed E-state index contributed by atoms with van der Waals surface area (Å²) in [5, 5.41) is 0. The van der Waals surface area contributed by atoms with Gasteiger partial charge in [-0.3, -0.25) is 4.79 Å². The van der Waals surface area contributed by atoms with Gasteiger partial charge in [0.1, 0.15) is 0 Å². The van der Waals surface area contributed by atoms with Gasteiger partial charge in [0, 0.05) is 17.1 Å². The standard InChI is InChI=1S/C28H31FO6/c1-17(2)26(30)33-15-21(16-34-27(31)18(3)4)13-20-7-9-22(10-8-20)23-11-12-25(24(29)14-23)35-28(32)19(5)6/h7-12,14,19,21H,1,3,13,15-16H2,2,4-6H3. The molecule has 186 valence electrons. The Morgan fingerprint density at radius 3 is 1.83 bits per heavy atom. The van der Waals surface area contributed by atoms with Crippen LogP contribution in [0.15, 0.2) is 66.8 Å². The van der Waals surface area contributed by atoms with Crippen LogP contribution >= 0.6 is 0 Å². The summed E-state index contributed by atoms with van der Waals surface area (Å²) in [5.74, 6) is -2.90. The van der Waals surface area contributed by atoms with Gasteiger partial charge in [0.05, 0.1) is 19.1 Å². The summed E-state index contributed by atoms with van der Waals surface area (Å²) in [7, 11) is 0. The van der Waals surface area contributed by atoms with Crippen LogP contribution in [0, 0.1) is 17.7 Å². The molecule has 0 radical (unpaired) electrons. The third-order valence-corrected chi connectivity index (χ3v) is 5.02.